The number of nitrogens with zero attached hydrogens (tertiary/aromatic N) is 3. The van der Waals surface area contributed by atoms with Crippen LogP contribution in [-0.2, 0) is 6.54 Å². The number of hydrogen-bond acceptors (Lipinski definition) is 4. The summed E-state index contributed by atoms with van der Waals surface area (Å²) in [5.74, 6) is 3.22. The number of ether oxygens (including phenoxy) is 2. The first kappa shape index (κ1) is 22.3. The van der Waals surface area contributed by atoms with E-state index in [0.29, 0.717) is 12.0 Å². The van der Waals surface area contributed by atoms with Crippen molar-refractivity contribution in [2.24, 2.45) is 10.9 Å². The number of rotatable bonds is 8. The van der Waals surface area contributed by atoms with E-state index >= 15 is 0 Å². The van der Waals surface area contributed by atoms with Crippen LogP contribution in [-0.4, -0.2) is 69.2 Å². The molecule has 1 aromatic rings. The second-order valence-corrected chi connectivity index (χ2v) is 7.83. The maximum Gasteiger partial charge on any atom is 0.193 e. The van der Waals surface area contributed by atoms with E-state index in [1.54, 1.807) is 14.2 Å². The van der Waals surface area contributed by atoms with Crippen LogP contribution in [0.25, 0.3) is 0 Å². The Morgan fingerprint density at radius 3 is 2.75 bits per heavy atom. The lowest BCUT2D eigenvalue weighted by atomic mass is 9.97. The second kappa shape index (κ2) is 11.1. The first-order valence-electron chi connectivity index (χ1n) is 10.4. The Morgan fingerprint density at radius 2 is 2.11 bits per heavy atom. The minimum Gasteiger partial charge on any atom is -0.497 e. The Bertz CT molecular complexity index is 633. The van der Waals surface area contributed by atoms with E-state index in [0.717, 1.165) is 49.2 Å². The molecule has 28 heavy (non-hydrogen) atoms. The van der Waals surface area contributed by atoms with Crippen molar-refractivity contribution < 1.29 is 9.47 Å². The third-order valence-electron chi connectivity index (χ3n) is 5.38. The van der Waals surface area contributed by atoms with E-state index in [-0.39, 0.29) is 0 Å². The third-order valence-corrected chi connectivity index (χ3v) is 5.38. The van der Waals surface area contributed by atoms with Gasteiger partial charge in [0.2, 0.25) is 0 Å². The van der Waals surface area contributed by atoms with Crippen molar-refractivity contribution in [2.45, 2.75) is 46.2 Å². The molecule has 0 saturated carbocycles. The van der Waals surface area contributed by atoms with E-state index < -0.39 is 0 Å². The molecule has 2 rings (SSSR count). The Labute approximate surface area is 170 Å². The molecule has 158 valence electrons. The Hall–Kier alpha value is -1.95. The van der Waals surface area contributed by atoms with Gasteiger partial charge in [-0.15, -0.1) is 0 Å². The molecule has 1 atom stereocenters. The summed E-state index contributed by atoms with van der Waals surface area (Å²) >= 11 is 0. The SMILES string of the molecule is CCNC(=NCC1CCCN(C(C)C)C1)N(C)Cc1ccc(OC)cc1OC. The van der Waals surface area contributed by atoms with E-state index in [2.05, 4.69) is 49.0 Å². The van der Waals surface area contributed by atoms with E-state index in [1.165, 1.54) is 19.4 Å². The van der Waals surface area contributed by atoms with Crippen LogP contribution in [0.3, 0.4) is 0 Å². The van der Waals surface area contributed by atoms with Crippen molar-refractivity contribution in [2.75, 3.05) is 47.4 Å². The first-order valence-corrected chi connectivity index (χ1v) is 10.4. The van der Waals surface area contributed by atoms with Gasteiger partial charge < -0.3 is 24.6 Å². The van der Waals surface area contributed by atoms with E-state index in [1.807, 2.05) is 12.1 Å². The maximum atomic E-state index is 5.55. The molecule has 1 unspecified atom stereocenters. The van der Waals surface area contributed by atoms with Crippen molar-refractivity contribution in [3.05, 3.63) is 23.8 Å². The molecule has 1 aromatic carbocycles. The van der Waals surface area contributed by atoms with Crippen LogP contribution < -0.4 is 14.8 Å². The molecule has 1 saturated heterocycles. The van der Waals surface area contributed by atoms with Crippen molar-refractivity contribution in [3.63, 3.8) is 0 Å². The Kier molecular flexibility index (Phi) is 8.90. The second-order valence-electron chi connectivity index (χ2n) is 7.83. The van der Waals surface area contributed by atoms with E-state index in [9.17, 15) is 0 Å². The van der Waals surface area contributed by atoms with Gasteiger partial charge in [0.1, 0.15) is 11.5 Å². The summed E-state index contributed by atoms with van der Waals surface area (Å²) in [6.07, 6.45) is 2.54. The molecule has 6 heteroatoms. The lowest BCUT2D eigenvalue weighted by Crippen LogP contribution is -2.42. The fourth-order valence-corrected chi connectivity index (χ4v) is 3.71. The van der Waals surface area contributed by atoms with Gasteiger partial charge in [0.15, 0.2) is 5.96 Å². The van der Waals surface area contributed by atoms with Crippen molar-refractivity contribution >= 4 is 5.96 Å². The summed E-state index contributed by atoms with van der Waals surface area (Å²) in [5, 5.41) is 3.43. The van der Waals surface area contributed by atoms with Crippen molar-refractivity contribution in [3.8, 4) is 11.5 Å². The highest BCUT2D eigenvalue weighted by Gasteiger charge is 2.21. The minimum absolute atomic E-state index is 0.616. The summed E-state index contributed by atoms with van der Waals surface area (Å²) in [6.45, 7) is 11.5. The number of methoxy groups -OCH3 is 2. The van der Waals surface area contributed by atoms with E-state index in [4.69, 9.17) is 14.5 Å². The Balaban J connectivity index is 2.04. The quantitative estimate of drug-likeness (QED) is 0.546. The number of hydrogen-bond donors (Lipinski definition) is 1. The van der Waals surface area contributed by atoms with Gasteiger partial charge in [0, 0.05) is 50.9 Å². The number of benzene rings is 1. The standard InChI is InChI=1S/C22H38N4O2/c1-7-23-22(24-14-18-9-8-12-26(15-18)17(2)3)25(4)16-19-10-11-20(27-5)13-21(19)28-6/h10-11,13,17-18H,7-9,12,14-16H2,1-6H3,(H,23,24). The molecule has 0 bridgehead atoms. The highest BCUT2D eigenvalue weighted by atomic mass is 16.5. The fourth-order valence-electron chi connectivity index (χ4n) is 3.71. The largest absolute Gasteiger partial charge is 0.497 e. The van der Waals surface area contributed by atoms with Crippen LogP contribution in [0.1, 0.15) is 39.2 Å². The van der Waals surface area contributed by atoms with Gasteiger partial charge in [-0.25, -0.2) is 0 Å². The zero-order valence-corrected chi connectivity index (χ0v) is 18.5. The number of nitrogens with one attached hydrogen (secondary N) is 1. The zero-order valence-electron chi connectivity index (χ0n) is 18.5. The average Bonchev–Trinajstić information content (AvgIpc) is 2.71. The van der Waals surface area contributed by atoms with Crippen LogP contribution in [0.4, 0.5) is 0 Å². The highest BCUT2D eigenvalue weighted by Crippen LogP contribution is 2.25. The summed E-state index contributed by atoms with van der Waals surface area (Å²) in [5.41, 5.74) is 1.11. The highest BCUT2D eigenvalue weighted by molar-refractivity contribution is 5.79. The van der Waals surface area contributed by atoms with Crippen LogP contribution in [0.5, 0.6) is 11.5 Å². The molecular weight excluding hydrogens is 352 g/mol. The predicted molar refractivity (Wildman–Crippen MR) is 116 cm³/mol. The third kappa shape index (κ3) is 6.30. The monoisotopic (exact) mass is 390 g/mol. The average molecular weight is 391 g/mol. The summed E-state index contributed by atoms with van der Waals surface area (Å²) < 4.78 is 10.8. The van der Waals surface area contributed by atoms with Gasteiger partial charge in [-0.1, -0.05) is 0 Å². The predicted octanol–water partition coefficient (Wildman–Crippen LogP) is 3.22. The molecule has 0 amide bonds. The molecule has 1 heterocycles. The van der Waals surface area contributed by atoms with Gasteiger partial charge in [0.05, 0.1) is 14.2 Å². The minimum atomic E-state index is 0.616. The molecule has 0 aliphatic carbocycles. The molecule has 1 aliphatic rings. The first-order chi connectivity index (χ1) is 13.5. The molecule has 1 fully saturated rings. The van der Waals surface area contributed by atoms with Gasteiger partial charge in [0.25, 0.3) is 0 Å². The van der Waals surface area contributed by atoms with Crippen LogP contribution in [0.2, 0.25) is 0 Å². The molecule has 0 radical (unpaired) electrons. The zero-order chi connectivity index (χ0) is 20.5. The topological polar surface area (TPSA) is 49.3 Å². The van der Waals surface area contributed by atoms with Crippen LogP contribution in [0, 0.1) is 5.92 Å². The van der Waals surface area contributed by atoms with Crippen LogP contribution in [0.15, 0.2) is 23.2 Å². The lowest BCUT2D eigenvalue weighted by Gasteiger charge is -2.35. The van der Waals surface area contributed by atoms with Crippen LogP contribution >= 0.6 is 0 Å². The van der Waals surface area contributed by atoms with Crippen molar-refractivity contribution in [1.82, 2.24) is 15.1 Å². The molecule has 6 nitrogen and oxygen atoms in total. The smallest absolute Gasteiger partial charge is 0.193 e. The maximum absolute atomic E-state index is 5.55. The molecule has 1 aliphatic heterocycles. The number of piperidine rings is 1. The summed E-state index contributed by atoms with van der Waals surface area (Å²) in [7, 11) is 5.44. The van der Waals surface area contributed by atoms with Gasteiger partial charge in [-0.2, -0.15) is 0 Å². The number of aliphatic imine (C=N–C) groups is 1. The van der Waals surface area contributed by atoms with Gasteiger partial charge >= 0.3 is 0 Å². The molecule has 0 aromatic heterocycles. The van der Waals surface area contributed by atoms with Gasteiger partial charge in [-0.3, -0.25) is 4.99 Å². The number of likely N-dealkylation sites (tertiary alicyclic amines) is 1. The Morgan fingerprint density at radius 1 is 1.32 bits per heavy atom. The van der Waals surface area contributed by atoms with Crippen molar-refractivity contribution in [1.29, 1.82) is 0 Å². The molecular formula is C22H38N4O2. The van der Waals surface area contributed by atoms with Gasteiger partial charge in [-0.05, 0) is 58.2 Å². The summed E-state index contributed by atoms with van der Waals surface area (Å²) in [4.78, 5) is 9.69. The normalized spacial score (nSPS) is 18.2. The lowest BCUT2D eigenvalue weighted by molar-refractivity contribution is 0.143. The fraction of sp³-hybridized carbons (Fsp3) is 0.682. The molecule has 0 spiro atoms. The molecule has 1 N–H and O–H groups in total. The summed E-state index contributed by atoms with van der Waals surface area (Å²) in [6, 6.07) is 6.57. The number of guanidine groups is 1.